The molecule has 2 aliphatic rings. The number of esters is 3. The van der Waals surface area contributed by atoms with Crippen LogP contribution in [0.1, 0.15) is 106 Å². The summed E-state index contributed by atoms with van der Waals surface area (Å²) in [5.74, 6) is -1.28. The highest BCUT2D eigenvalue weighted by Crippen LogP contribution is 2.22. The van der Waals surface area contributed by atoms with Crippen molar-refractivity contribution in [2.24, 2.45) is 10.8 Å². The monoisotopic (exact) mass is 588 g/mol. The first kappa shape index (κ1) is 38.8. The lowest BCUT2D eigenvalue weighted by molar-refractivity contribution is -0.155. The maximum atomic E-state index is 11.7. The molecule has 11 nitrogen and oxygen atoms in total. The first-order valence-corrected chi connectivity index (χ1v) is 15.1. The van der Waals surface area contributed by atoms with Gasteiger partial charge in [0.2, 0.25) is 0 Å². The normalized spacial score (nSPS) is 18.9. The number of carboxylic acid groups (broad SMARTS) is 1. The predicted molar refractivity (Wildman–Crippen MR) is 156 cm³/mol. The lowest BCUT2D eigenvalue weighted by atomic mass is 9.91. The molecule has 41 heavy (non-hydrogen) atoms. The van der Waals surface area contributed by atoms with Gasteiger partial charge in [-0.05, 0) is 79.3 Å². The summed E-state index contributed by atoms with van der Waals surface area (Å²) in [6.07, 6.45) is 8.56. The molecule has 0 aromatic rings. The molecule has 0 spiro atoms. The van der Waals surface area contributed by atoms with Crippen molar-refractivity contribution in [2.75, 3.05) is 39.5 Å². The molecule has 2 heterocycles. The summed E-state index contributed by atoms with van der Waals surface area (Å²) >= 11 is 0. The van der Waals surface area contributed by atoms with E-state index < -0.39 is 16.8 Å². The van der Waals surface area contributed by atoms with Gasteiger partial charge in [-0.3, -0.25) is 19.2 Å². The average Bonchev–Trinajstić information content (AvgIpc) is 2.98. The second kappa shape index (κ2) is 21.5. The van der Waals surface area contributed by atoms with E-state index in [2.05, 4.69) is 10.6 Å². The van der Waals surface area contributed by atoms with Gasteiger partial charge in [-0.2, -0.15) is 0 Å². The maximum Gasteiger partial charge on any atom is 0.323 e. The molecule has 0 amide bonds. The highest BCUT2D eigenvalue weighted by Gasteiger charge is 2.27. The minimum Gasteiger partial charge on any atom is -0.480 e. The molecule has 240 valence electrons. The molecule has 2 unspecified atom stereocenters. The fourth-order valence-electron chi connectivity index (χ4n) is 3.52. The number of piperidine rings is 2. The Morgan fingerprint density at radius 1 is 0.707 bits per heavy atom. The van der Waals surface area contributed by atoms with Crippen molar-refractivity contribution in [3.05, 3.63) is 0 Å². The van der Waals surface area contributed by atoms with Crippen molar-refractivity contribution in [3.8, 4) is 0 Å². The lowest BCUT2D eigenvalue weighted by Crippen LogP contribution is -2.41. The van der Waals surface area contributed by atoms with Crippen molar-refractivity contribution >= 4 is 23.9 Å². The first-order chi connectivity index (χ1) is 19.3. The molecule has 0 radical (unpaired) electrons. The van der Waals surface area contributed by atoms with Crippen LogP contribution in [0.15, 0.2) is 0 Å². The quantitative estimate of drug-likeness (QED) is 0.141. The van der Waals surface area contributed by atoms with Gasteiger partial charge in [-0.15, -0.1) is 0 Å². The molecule has 2 saturated heterocycles. The smallest absolute Gasteiger partial charge is 0.323 e. The Kier molecular flexibility index (Phi) is 20.3. The van der Waals surface area contributed by atoms with Crippen molar-refractivity contribution in [1.82, 2.24) is 10.6 Å². The standard InChI is InChI=1S/C15H27NO4.C9H18O3.C6H11NO2/c1-4-15(2,3)14(18)20-11-7-10-19-13(17)12-8-5-6-9-16-12;1-4-9(2,3)8(11)12-7-5-6-10;8-6(9)5-3-1-2-4-7-5/h12,16H,4-11H2,1-3H3;10H,4-7H2,1-3H3;5,7H,1-4H2,(H,8,9). The van der Waals surface area contributed by atoms with E-state index in [9.17, 15) is 19.2 Å². The Morgan fingerprint density at radius 2 is 1.15 bits per heavy atom. The Bertz CT molecular complexity index is 759. The van der Waals surface area contributed by atoms with Crippen molar-refractivity contribution in [2.45, 2.75) is 118 Å². The molecule has 4 N–H and O–H groups in total. The van der Waals surface area contributed by atoms with E-state index in [1.165, 1.54) is 0 Å². The number of rotatable bonds is 13. The number of hydrogen-bond donors (Lipinski definition) is 4. The summed E-state index contributed by atoms with van der Waals surface area (Å²) in [5, 5.41) is 23.0. The topological polar surface area (TPSA) is 160 Å². The molecule has 2 aliphatic heterocycles. The van der Waals surface area contributed by atoms with Gasteiger partial charge in [-0.25, -0.2) is 0 Å². The summed E-state index contributed by atoms with van der Waals surface area (Å²) in [7, 11) is 0. The molecule has 2 fully saturated rings. The van der Waals surface area contributed by atoms with E-state index in [-0.39, 0.29) is 36.6 Å². The molecule has 0 aliphatic carbocycles. The van der Waals surface area contributed by atoms with Crippen molar-refractivity contribution in [1.29, 1.82) is 0 Å². The summed E-state index contributed by atoms with van der Waals surface area (Å²) in [4.78, 5) is 45.0. The first-order valence-electron chi connectivity index (χ1n) is 15.1. The van der Waals surface area contributed by atoms with E-state index in [1.807, 2.05) is 41.5 Å². The molecule has 0 aromatic carbocycles. The van der Waals surface area contributed by atoms with E-state index in [0.717, 1.165) is 64.5 Å². The molecular formula is C30H56N2O9. The van der Waals surface area contributed by atoms with Gasteiger partial charge in [-0.1, -0.05) is 26.7 Å². The SMILES string of the molecule is CCC(C)(C)C(=O)OCCCO.CCC(C)(C)C(=O)OCCCOC(=O)C1CCCCN1.O=C(O)C1CCCCN1. The number of aliphatic hydroxyl groups is 1. The zero-order chi connectivity index (χ0) is 31.3. The number of ether oxygens (including phenoxy) is 3. The maximum absolute atomic E-state index is 11.7. The fraction of sp³-hybridized carbons (Fsp3) is 0.867. The van der Waals surface area contributed by atoms with Crippen LogP contribution in [0.5, 0.6) is 0 Å². The van der Waals surface area contributed by atoms with Crippen LogP contribution in [0, 0.1) is 10.8 Å². The van der Waals surface area contributed by atoms with Gasteiger partial charge >= 0.3 is 23.9 Å². The number of hydrogen-bond acceptors (Lipinski definition) is 10. The summed E-state index contributed by atoms with van der Waals surface area (Å²) in [6, 6.07) is -0.441. The van der Waals surface area contributed by atoms with Crippen LogP contribution in [0.4, 0.5) is 0 Å². The van der Waals surface area contributed by atoms with Crippen LogP contribution in [0.3, 0.4) is 0 Å². The third-order valence-electron chi connectivity index (χ3n) is 7.38. The summed E-state index contributed by atoms with van der Waals surface area (Å²) in [5.41, 5.74) is -0.835. The lowest BCUT2D eigenvalue weighted by Gasteiger charge is -2.22. The predicted octanol–water partition coefficient (Wildman–Crippen LogP) is 3.60. The van der Waals surface area contributed by atoms with E-state index >= 15 is 0 Å². The number of aliphatic hydroxyl groups excluding tert-OH is 1. The zero-order valence-electron chi connectivity index (χ0n) is 26.2. The Balaban J connectivity index is 0.000000645. The third-order valence-corrected chi connectivity index (χ3v) is 7.38. The number of carbonyl (C=O) groups excluding carboxylic acids is 3. The molecule has 11 heteroatoms. The van der Waals surface area contributed by atoms with E-state index in [4.69, 9.17) is 24.4 Å². The molecular weight excluding hydrogens is 532 g/mol. The van der Waals surface area contributed by atoms with Crippen LogP contribution in [0.25, 0.3) is 0 Å². The summed E-state index contributed by atoms with van der Waals surface area (Å²) < 4.78 is 15.3. The van der Waals surface area contributed by atoms with Gasteiger partial charge in [0.1, 0.15) is 12.1 Å². The van der Waals surface area contributed by atoms with Crippen LogP contribution in [-0.2, 0) is 33.4 Å². The van der Waals surface area contributed by atoms with Gasteiger partial charge in [0.05, 0.1) is 30.7 Å². The molecule has 0 aromatic heterocycles. The van der Waals surface area contributed by atoms with E-state index in [0.29, 0.717) is 32.7 Å². The second-order valence-electron chi connectivity index (χ2n) is 11.7. The number of nitrogens with one attached hydrogen (secondary N) is 2. The van der Waals surface area contributed by atoms with Crippen molar-refractivity contribution < 1.29 is 43.6 Å². The fourth-order valence-corrected chi connectivity index (χ4v) is 3.52. The van der Waals surface area contributed by atoms with Crippen LogP contribution in [0.2, 0.25) is 0 Å². The highest BCUT2D eigenvalue weighted by molar-refractivity contribution is 5.76. The third kappa shape index (κ3) is 17.3. The van der Waals surface area contributed by atoms with Gasteiger partial charge in [0, 0.05) is 19.4 Å². The largest absolute Gasteiger partial charge is 0.480 e. The van der Waals surface area contributed by atoms with Crippen LogP contribution < -0.4 is 10.6 Å². The van der Waals surface area contributed by atoms with Gasteiger partial charge < -0.3 is 35.1 Å². The summed E-state index contributed by atoms with van der Waals surface area (Å²) in [6.45, 7) is 14.1. The zero-order valence-corrected chi connectivity index (χ0v) is 26.2. The minimum atomic E-state index is -0.713. The van der Waals surface area contributed by atoms with Crippen LogP contribution in [-0.4, -0.2) is 85.7 Å². The minimum absolute atomic E-state index is 0.0693. The molecule has 0 saturated carbocycles. The second-order valence-corrected chi connectivity index (χ2v) is 11.7. The Labute approximate surface area is 246 Å². The van der Waals surface area contributed by atoms with Crippen LogP contribution >= 0.6 is 0 Å². The highest BCUT2D eigenvalue weighted by atomic mass is 16.5. The van der Waals surface area contributed by atoms with Crippen molar-refractivity contribution in [3.63, 3.8) is 0 Å². The Morgan fingerprint density at radius 3 is 1.51 bits per heavy atom. The number of aliphatic carboxylic acids is 1. The molecule has 0 bridgehead atoms. The van der Waals surface area contributed by atoms with Gasteiger partial charge in [0.15, 0.2) is 0 Å². The Hall–Kier alpha value is -2.24. The molecule has 2 atom stereocenters. The molecule has 2 rings (SSSR count). The van der Waals surface area contributed by atoms with Gasteiger partial charge in [0.25, 0.3) is 0 Å². The number of carbonyl (C=O) groups is 4. The number of carboxylic acids is 1. The average molecular weight is 589 g/mol. The van der Waals surface area contributed by atoms with E-state index in [1.54, 1.807) is 0 Å².